The largest absolute Gasteiger partial charge is 0.367 e. The Morgan fingerprint density at radius 3 is 2.43 bits per heavy atom. The molecule has 110 valence electrons. The number of hydrogen-bond donors (Lipinski definition) is 0. The average molecular weight is 322 g/mol. The molecule has 5 heteroatoms. The minimum atomic E-state index is -3.14. The maximum Gasteiger partial charge on any atom is 0.175 e. The number of fused-ring (bicyclic) bond motifs is 1. The van der Waals surface area contributed by atoms with Crippen molar-refractivity contribution in [3.63, 3.8) is 0 Å². The van der Waals surface area contributed by atoms with Crippen LogP contribution in [0, 0.1) is 0 Å². The van der Waals surface area contributed by atoms with Crippen molar-refractivity contribution in [1.82, 2.24) is 0 Å². The van der Waals surface area contributed by atoms with Crippen molar-refractivity contribution < 1.29 is 8.42 Å². The zero-order valence-electron chi connectivity index (χ0n) is 11.7. The fourth-order valence-electron chi connectivity index (χ4n) is 2.65. The van der Waals surface area contributed by atoms with Crippen molar-refractivity contribution in [1.29, 1.82) is 0 Å². The molecule has 3 nitrogen and oxygen atoms in total. The van der Waals surface area contributed by atoms with E-state index < -0.39 is 9.84 Å². The van der Waals surface area contributed by atoms with Crippen LogP contribution >= 0.6 is 11.6 Å². The first-order chi connectivity index (χ1) is 9.93. The summed E-state index contributed by atoms with van der Waals surface area (Å²) < 4.78 is 23.0. The normalized spacial score (nSPS) is 14.9. The average Bonchev–Trinajstić information content (AvgIpc) is 2.45. The van der Waals surface area contributed by atoms with Crippen molar-refractivity contribution in [2.45, 2.75) is 17.9 Å². The van der Waals surface area contributed by atoms with Gasteiger partial charge in [-0.2, -0.15) is 0 Å². The number of sulfone groups is 1. The number of halogens is 1. The fourth-order valence-corrected chi connectivity index (χ4v) is 3.48. The molecule has 1 aliphatic rings. The van der Waals surface area contributed by atoms with E-state index in [0.29, 0.717) is 4.90 Å². The van der Waals surface area contributed by atoms with Crippen LogP contribution in [0.3, 0.4) is 0 Å². The van der Waals surface area contributed by atoms with Gasteiger partial charge >= 0.3 is 0 Å². The summed E-state index contributed by atoms with van der Waals surface area (Å²) in [7, 11) is -3.14. The van der Waals surface area contributed by atoms with Gasteiger partial charge in [0.2, 0.25) is 0 Å². The van der Waals surface area contributed by atoms with E-state index in [4.69, 9.17) is 11.6 Å². The van der Waals surface area contributed by atoms with Crippen LogP contribution in [0.15, 0.2) is 47.4 Å². The summed E-state index contributed by atoms with van der Waals surface area (Å²) in [6, 6.07) is 13.1. The zero-order valence-corrected chi connectivity index (χ0v) is 13.3. The maximum absolute atomic E-state index is 11.5. The highest BCUT2D eigenvalue weighted by atomic mass is 35.5. The van der Waals surface area contributed by atoms with Crippen LogP contribution in [0.1, 0.15) is 11.1 Å². The van der Waals surface area contributed by atoms with Gasteiger partial charge in [0, 0.05) is 30.1 Å². The third-order valence-corrected chi connectivity index (χ3v) is 5.17. The molecule has 0 fully saturated rings. The summed E-state index contributed by atoms with van der Waals surface area (Å²) in [6.45, 7) is 1.72. The molecule has 1 heterocycles. The molecule has 0 atom stereocenters. The SMILES string of the molecule is CS(=O)(=O)c1ccc(N2CCc3ccc(Cl)cc3C2)cc1. The molecule has 2 aromatic rings. The van der Waals surface area contributed by atoms with Gasteiger partial charge in [0.25, 0.3) is 0 Å². The van der Waals surface area contributed by atoms with Gasteiger partial charge in [-0.15, -0.1) is 0 Å². The van der Waals surface area contributed by atoms with Gasteiger partial charge in [-0.3, -0.25) is 0 Å². The van der Waals surface area contributed by atoms with Crippen LogP contribution < -0.4 is 4.90 Å². The number of benzene rings is 2. The Hall–Kier alpha value is -1.52. The second-order valence-electron chi connectivity index (χ2n) is 5.35. The third-order valence-electron chi connectivity index (χ3n) is 3.81. The first kappa shape index (κ1) is 14.4. The molecular formula is C16H16ClNO2S. The molecule has 21 heavy (non-hydrogen) atoms. The van der Waals surface area contributed by atoms with Crippen molar-refractivity contribution >= 4 is 27.1 Å². The second kappa shape index (κ2) is 5.35. The first-order valence-electron chi connectivity index (χ1n) is 6.76. The van der Waals surface area contributed by atoms with E-state index in [-0.39, 0.29) is 0 Å². The third kappa shape index (κ3) is 3.06. The molecule has 0 aromatic heterocycles. The van der Waals surface area contributed by atoms with Crippen molar-refractivity contribution in [3.8, 4) is 0 Å². The van der Waals surface area contributed by atoms with Gasteiger partial charge in [0.05, 0.1) is 4.90 Å². The minimum Gasteiger partial charge on any atom is -0.367 e. The Morgan fingerprint density at radius 2 is 1.76 bits per heavy atom. The summed E-state index contributed by atoms with van der Waals surface area (Å²) in [5.74, 6) is 0. The van der Waals surface area contributed by atoms with Crippen molar-refractivity contribution in [2.75, 3.05) is 17.7 Å². The topological polar surface area (TPSA) is 37.4 Å². The molecule has 0 spiro atoms. The van der Waals surface area contributed by atoms with Gasteiger partial charge in [0.15, 0.2) is 9.84 Å². The molecule has 1 aliphatic heterocycles. The maximum atomic E-state index is 11.5. The van der Waals surface area contributed by atoms with Crippen LogP contribution in [-0.2, 0) is 22.8 Å². The van der Waals surface area contributed by atoms with Crippen LogP contribution in [-0.4, -0.2) is 21.2 Å². The molecular weight excluding hydrogens is 306 g/mol. The second-order valence-corrected chi connectivity index (χ2v) is 7.80. The van der Waals surface area contributed by atoms with E-state index in [1.165, 1.54) is 17.4 Å². The smallest absolute Gasteiger partial charge is 0.175 e. The monoisotopic (exact) mass is 321 g/mol. The highest BCUT2D eigenvalue weighted by molar-refractivity contribution is 7.90. The Labute approximate surface area is 130 Å². The molecule has 2 aromatic carbocycles. The fraction of sp³-hybridized carbons (Fsp3) is 0.250. The lowest BCUT2D eigenvalue weighted by molar-refractivity contribution is 0.602. The molecule has 0 radical (unpaired) electrons. The molecule has 0 unspecified atom stereocenters. The molecule has 0 N–H and O–H groups in total. The summed E-state index contributed by atoms with van der Waals surface area (Å²) in [5, 5.41) is 0.753. The molecule has 0 saturated heterocycles. The van der Waals surface area contributed by atoms with E-state index in [0.717, 1.165) is 30.2 Å². The zero-order chi connectivity index (χ0) is 15.0. The number of rotatable bonds is 2. The predicted molar refractivity (Wildman–Crippen MR) is 85.8 cm³/mol. The van der Waals surface area contributed by atoms with Crippen LogP contribution in [0.2, 0.25) is 5.02 Å². The summed E-state index contributed by atoms with van der Waals surface area (Å²) >= 11 is 6.06. The van der Waals surface area contributed by atoms with Crippen LogP contribution in [0.4, 0.5) is 5.69 Å². The van der Waals surface area contributed by atoms with E-state index in [9.17, 15) is 8.42 Å². The molecule has 0 aliphatic carbocycles. The number of hydrogen-bond acceptors (Lipinski definition) is 3. The Balaban J connectivity index is 1.86. The lowest BCUT2D eigenvalue weighted by Crippen LogP contribution is -2.30. The molecule has 0 bridgehead atoms. The highest BCUT2D eigenvalue weighted by Gasteiger charge is 2.17. The van der Waals surface area contributed by atoms with Crippen molar-refractivity contribution in [2.24, 2.45) is 0 Å². The molecule has 0 amide bonds. The van der Waals surface area contributed by atoms with E-state index in [1.54, 1.807) is 12.1 Å². The van der Waals surface area contributed by atoms with E-state index in [2.05, 4.69) is 11.0 Å². The quantitative estimate of drug-likeness (QED) is 0.851. The van der Waals surface area contributed by atoms with Gasteiger partial charge in [0.1, 0.15) is 0 Å². The highest BCUT2D eigenvalue weighted by Crippen LogP contribution is 2.27. The van der Waals surface area contributed by atoms with Crippen LogP contribution in [0.25, 0.3) is 0 Å². The number of nitrogens with zero attached hydrogens (tertiary/aromatic N) is 1. The van der Waals surface area contributed by atoms with E-state index >= 15 is 0 Å². The standard InChI is InChI=1S/C16H16ClNO2S/c1-21(19,20)16-6-4-15(5-7-16)18-9-8-12-2-3-14(17)10-13(12)11-18/h2-7,10H,8-9,11H2,1H3. The van der Waals surface area contributed by atoms with Crippen LogP contribution in [0.5, 0.6) is 0 Å². The Morgan fingerprint density at radius 1 is 1.05 bits per heavy atom. The van der Waals surface area contributed by atoms with Crippen molar-refractivity contribution in [3.05, 3.63) is 58.6 Å². The Kier molecular flexibility index (Phi) is 3.68. The Bertz CT molecular complexity index is 769. The number of anilines is 1. The minimum absolute atomic E-state index is 0.353. The summed E-state index contributed by atoms with van der Waals surface area (Å²) in [4.78, 5) is 2.59. The summed E-state index contributed by atoms with van der Waals surface area (Å²) in [5.41, 5.74) is 3.61. The molecule has 0 saturated carbocycles. The van der Waals surface area contributed by atoms with Gasteiger partial charge in [-0.25, -0.2) is 8.42 Å². The van der Waals surface area contributed by atoms with E-state index in [1.807, 2.05) is 24.3 Å². The van der Waals surface area contributed by atoms with Gasteiger partial charge < -0.3 is 4.90 Å². The van der Waals surface area contributed by atoms with Gasteiger partial charge in [-0.1, -0.05) is 17.7 Å². The lowest BCUT2D eigenvalue weighted by atomic mass is 9.99. The first-order valence-corrected chi connectivity index (χ1v) is 9.03. The lowest BCUT2D eigenvalue weighted by Gasteiger charge is -2.31. The summed E-state index contributed by atoms with van der Waals surface area (Å²) in [6.07, 6.45) is 2.20. The predicted octanol–water partition coefficient (Wildman–Crippen LogP) is 3.31. The molecule has 3 rings (SSSR count). The van der Waals surface area contributed by atoms with Gasteiger partial charge in [-0.05, 0) is 53.9 Å².